The lowest BCUT2D eigenvalue weighted by molar-refractivity contribution is -0.100. The molecule has 3 heterocycles. The molecule has 3 rings (SSSR count). The summed E-state index contributed by atoms with van der Waals surface area (Å²) in [7, 11) is 0. The highest BCUT2D eigenvalue weighted by Crippen LogP contribution is 2.25. The van der Waals surface area contributed by atoms with Crippen molar-refractivity contribution in [1.29, 1.82) is 0 Å². The summed E-state index contributed by atoms with van der Waals surface area (Å²) in [6.45, 7) is 1.94. The smallest absolute Gasteiger partial charge is 0.274 e. The van der Waals surface area contributed by atoms with Gasteiger partial charge in [0.1, 0.15) is 5.69 Å². The van der Waals surface area contributed by atoms with Gasteiger partial charge >= 0.3 is 0 Å². The first-order chi connectivity index (χ1) is 9.36. The third kappa shape index (κ3) is 2.59. The van der Waals surface area contributed by atoms with Gasteiger partial charge in [-0.15, -0.1) is 0 Å². The predicted molar refractivity (Wildman–Crippen MR) is 66.4 cm³/mol. The van der Waals surface area contributed by atoms with E-state index in [1.165, 1.54) is 12.4 Å². The molecule has 1 unspecified atom stereocenters. The molecular formula is C13H17N3O3. The van der Waals surface area contributed by atoms with Gasteiger partial charge in [0.25, 0.3) is 5.91 Å². The summed E-state index contributed by atoms with van der Waals surface area (Å²) in [5, 5.41) is 0. The number of nitrogens with zero attached hydrogens (tertiary/aromatic N) is 3. The summed E-state index contributed by atoms with van der Waals surface area (Å²) >= 11 is 0. The van der Waals surface area contributed by atoms with Gasteiger partial charge in [0.2, 0.25) is 0 Å². The molecule has 19 heavy (non-hydrogen) atoms. The third-order valence-corrected chi connectivity index (χ3v) is 3.55. The van der Waals surface area contributed by atoms with Crippen LogP contribution >= 0.6 is 0 Å². The van der Waals surface area contributed by atoms with Crippen molar-refractivity contribution in [2.24, 2.45) is 0 Å². The lowest BCUT2D eigenvalue weighted by Crippen LogP contribution is -2.50. The summed E-state index contributed by atoms with van der Waals surface area (Å²) in [4.78, 5) is 22.3. The van der Waals surface area contributed by atoms with Crippen molar-refractivity contribution in [1.82, 2.24) is 14.9 Å². The molecule has 0 spiro atoms. The van der Waals surface area contributed by atoms with E-state index in [-0.39, 0.29) is 18.2 Å². The standard InChI is InChI=1S/C13H17N3O3/c17-12(10-9-14-4-5-15-10)16-6-2-1-3-11(16)13-18-7-8-19-13/h4-5,9,11,13H,1-3,6-8H2. The molecule has 102 valence electrons. The fraction of sp³-hybridized carbons (Fsp3) is 0.615. The number of piperidine rings is 1. The average Bonchev–Trinajstić information content (AvgIpc) is 3.01. The quantitative estimate of drug-likeness (QED) is 0.791. The van der Waals surface area contributed by atoms with E-state index in [0.717, 1.165) is 25.8 Å². The van der Waals surface area contributed by atoms with E-state index in [4.69, 9.17) is 9.47 Å². The van der Waals surface area contributed by atoms with Crippen LogP contribution in [-0.4, -0.2) is 52.9 Å². The Morgan fingerprint density at radius 2 is 2.11 bits per heavy atom. The van der Waals surface area contributed by atoms with Crippen LogP contribution in [0, 0.1) is 0 Å². The second kappa shape index (κ2) is 5.63. The van der Waals surface area contributed by atoms with Crippen molar-refractivity contribution in [3.05, 3.63) is 24.3 Å². The van der Waals surface area contributed by atoms with E-state index in [9.17, 15) is 4.79 Å². The van der Waals surface area contributed by atoms with Crippen molar-refractivity contribution in [2.75, 3.05) is 19.8 Å². The summed E-state index contributed by atoms with van der Waals surface area (Å²) < 4.78 is 11.1. The maximum absolute atomic E-state index is 12.5. The van der Waals surface area contributed by atoms with E-state index < -0.39 is 0 Å². The Morgan fingerprint density at radius 1 is 1.26 bits per heavy atom. The molecule has 1 aromatic rings. The molecule has 6 heteroatoms. The summed E-state index contributed by atoms with van der Waals surface area (Å²) in [5.41, 5.74) is 0.382. The number of likely N-dealkylation sites (tertiary alicyclic amines) is 1. The minimum atomic E-state index is -0.291. The highest BCUT2D eigenvalue weighted by atomic mass is 16.7. The van der Waals surface area contributed by atoms with Gasteiger partial charge in [-0.1, -0.05) is 0 Å². The van der Waals surface area contributed by atoms with Crippen molar-refractivity contribution >= 4 is 5.91 Å². The van der Waals surface area contributed by atoms with Crippen molar-refractivity contribution < 1.29 is 14.3 Å². The normalized spacial score (nSPS) is 24.6. The minimum absolute atomic E-state index is 0.00856. The van der Waals surface area contributed by atoms with Crippen LogP contribution in [0.5, 0.6) is 0 Å². The largest absolute Gasteiger partial charge is 0.348 e. The molecule has 0 aromatic carbocycles. The Morgan fingerprint density at radius 3 is 2.84 bits per heavy atom. The van der Waals surface area contributed by atoms with E-state index in [0.29, 0.717) is 18.9 Å². The van der Waals surface area contributed by atoms with Crippen LogP contribution in [0.25, 0.3) is 0 Å². The van der Waals surface area contributed by atoms with Gasteiger partial charge < -0.3 is 14.4 Å². The molecule has 2 saturated heterocycles. The molecule has 0 aliphatic carbocycles. The Bertz CT molecular complexity index is 434. The Labute approximate surface area is 111 Å². The van der Waals surface area contributed by atoms with Gasteiger partial charge in [0.05, 0.1) is 25.5 Å². The van der Waals surface area contributed by atoms with Crippen LogP contribution in [-0.2, 0) is 9.47 Å². The highest BCUT2D eigenvalue weighted by Gasteiger charge is 2.36. The monoisotopic (exact) mass is 263 g/mol. The summed E-state index contributed by atoms with van der Waals surface area (Å²) in [6, 6.07) is -0.00856. The van der Waals surface area contributed by atoms with Crippen LogP contribution in [0.1, 0.15) is 29.8 Å². The highest BCUT2D eigenvalue weighted by molar-refractivity contribution is 5.92. The van der Waals surface area contributed by atoms with Crippen LogP contribution in [0.15, 0.2) is 18.6 Å². The number of aromatic nitrogens is 2. The zero-order chi connectivity index (χ0) is 13.1. The number of carbonyl (C=O) groups is 1. The average molecular weight is 263 g/mol. The lowest BCUT2D eigenvalue weighted by Gasteiger charge is -2.37. The van der Waals surface area contributed by atoms with Gasteiger partial charge in [0, 0.05) is 18.9 Å². The van der Waals surface area contributed by atoms with E-state index in [2.05, 4.69) is 9.97 Å². The third-order valence-electron chi connectivity index (χ3n) is 3.55. The van der Waals surface area contributed by atoms with Crippen LogP contribution in [0.3, 0.4) is 0 Å². The molecule has 2 aliphatic heterocycles. The van der Waals surface area contributed by atoms with Gasteiger partial charge in [-0.25, -0.2) is 4.98 Å². The molecule has 6 nitrogen and oxygen atoms in total. The van der Waals surface area contributed by atoms with E-state index >= 15 is 0 Å². The molecular weight excluding hydrogens is 246 g/mol. The van der Waals surface area contributed by atoms with Crippen LogP contribution in [0.2, 0.25) is 0 Å². The Hall–Kier alpha value is -1.53. The maximum atomic E-state index is 12.5. The zero-order valence-corrected chi connectivity index (χ0v) is 10.7. The predicted octanol–water partition coefficient (Wildman–Crippen LogP) is 0.844. The van der Waals surface area contributed by atoms with E-state index in [1.807, 2.05) is 4.90 Å². The Balaban J connectivity index is 1.78. The van der Waals surface area contributed by atoms with Gasteiger partial charge in [-0.05, 0) is 19.3 Å². The number of amides is 1. The van der Waals surface area contributed by atoms with Crippen molar-refractivity contribution in [2.45, 2.75) is 31.6 Å². The number of ether oxygens (including phenoxy) is 2. The van der Waals surface area contributed by atoms with Crippen LogP contribution < -0.4 is 0 Å². The first kappa shape index (κ1) is 12.5. The first-order valence-corrected chi connectivity index (χ1v) is 6.66. The zero-order valence-electron chi connectivity index (χ0n) is 10.7. The maximum Gasteiger partial charge on any atom is 0.274 e. The number of hydrogen-bond donors (Lipinski definition) is 0. The molecule has 2 aliphatic rings. The SMILES string of the molecule is O=C(c1cnccn1)N1CCCCC1C1OCCO1. The molecule has 0 radical (unpaired) electrons. The van der Waals surface area contributed by atoms with Gasteiger partial charge in [-0.3, -0.25) is 9.78 Å². The fourth-order valence-electron chi connectivity index (χ4n) is 2.65. The van der Waals surface area contributed by atoms with Crippen molar-refractivity contribution in [3.8, 4) is 0 Å². The lowest BCUT2D eigenvalue weighted by atomic mass is 10.0. The van der Waals surface area contributed by atoms with Gasteiger partial charge in [-0.2, -0.15) is 0 Å². The number of carbonyl (C=O) groups excluding carboxylic acids is 1. The molecule has 2 fully saturated rings. The topological polar surface area (TPSA) is 64.6 Å². The number of rotatable bonds is 2. The van der Waals surface area contributed by atoms with Crippen LogP contribution in [0.4, 0.5) is 0 Å². The second-order valence-electron chi connectivity index (χ2n) is 4.76. The van der Waals surface area contributed by atoms with Gasteiger partial charge in [0.15, 0.2) is 6.29 Å². The Kier molecular flexibility index (Phi) is 3.70. The summed E-state index contributed by atoms with van der Waals surface area (Å²) in [5.74, 6) is -0.0862. The fourth-order valence-corrected chi connectivity index (χ4v) is 2.65. The summed E-state index contributed by atoms with van der Waals surface area (Å²) in [6.07, 6.45) is 7.33. The molecule has 0 bridgehead atoms. The second-order valence-corrected chi connectivity index (χ2v) is 4.76. The molecule has 0 N–H and O–H groups in total. The molecule has 1 amide bonds. The first-order valence-electron chi connectivity index (χ1n) is 6.66. The minimum Gasteiger partial charge on any atom is -0.348 e. The molecule has 1 atom stereocenters. The molecule has 1 aromatic heterocycles. The molecule has 0 saturated carbocycles. The number of hydrogen-bond acceptors (Lipinski definition) is 5. The van der Waals surface area contributed by atoms with Crippen molar-refractivity contribution in [3.63, 3.8) is 0 Å². The van der Waals surface area contributed by atoms with E-state index in [1.54, 1.807) is 6.20 Å².